The van der Waals surface area contributed by atoms with E-state index in [0.717, 1.165) is 35.0 Å². The van der Waals surface area contributed by atoms with E-state index in [-0.39, 0.29) is 26.1 Å². The summed E-state index contributed by atoms with van der Waals surface area (Å²) in [6, 6.07) is 17.7. The molecular weight excluding hydrogens is 552 g/mol. The summed E-state index contributed by atoms with van der Waals surface area (Å²) in [7, 11) is -8.54. The van der Waals surface area contributed by atoms with E-state index in [1.54, 1.807) is 36.5 Å². The molecule has 0 aliphatic heterocycles. The smallest absolute Gasteiger partial charge is 0.257 e. The van der Waals surface area contributed by atoms with Gasteiger partial charge in [-0.2, -0.15) is 3.71 Å². The third kappa shape index (κ3) is 6.35. The molecule has 0 saturated carbocycles. The first-order valence-corrected chi connectivity index (χ1v) is 15.9. The van der Waals surface area contributed by atoms with Crippen LogP contribution in [0.1, 0.15) is 47.1 Å². The highest BCUT2D eigenvalue weighted by molar-refractivity contribution is 8.09. The van der Waals surface area contributed by atoms with Gasteiger partial charge in [-0.1, -0.05) is 39.0 Å². The number of hydrogen-bond donors (Lipinski definition) is 3. The van der Waals surface area contributed by atoms with Gasteiger partial charge in [-0.3, -0.25) is 9.59 Å². The van der Waals surface area contributed by atoms with E-state index in [1.807, 2.05) is 18.2 Å². The summed E-state index contributed by atoms with van der Waals surface area (Å²) >= 11 is 0. The Morgan fingerprint density at radius 2 is 1.43 bits per heavy atom. The fourth-order valence-corrected chi connectivity index (χ4v) is 7.17. The Morgan fingerprint density at radius 3 is 2.02 bits per heavy atom. The summed E-state index contributed by atoms with van der Waals surface area (Å²) in [5, 5.41) is 6.36. The first kappa shape index (κ1) is 28.8. The molecule has 3 aromatic carbocycles. The Balaban J connectivity index is 1.74. The van der Waals surface area contributed by atoms with Crippen molar-refractivity contribution in [1.29, 1.82) is 0 Å². The van der Waals surface area contributed by atoms with Gasteiger partial charge in [-0.05, 0) is 64.9 Å². The molecule has 1 aromatic heterocycles. The average Bonchev–Trinajstić information content (AvgIpc) is 3.30. The van der Waals surface area contributed by atoms with Crippen molar-refractivity contribution in [2.24, 2.45) is 0 Å². The number of sulfonamides is 2. The zero-order valence-electron chi connectivity index (χ0n) is 22.6. The van der Waals surface area contributed by atoms with Crippen LogP contribution in [0.5, 0.6) is 0 Å². The fraction of sp³-hybridized carbons (Fsp3) is 0.214. The molecule has 0 unspecified atom stereocenters. The maximum atomic E-state index is 13.5. The number of hydrogen-bond acceptors (Lipinski definition) is 6. The van der Waals surface area contributed by atoms with Crippen LogP contribution in [0.2, 0.25) is 0 Å². The van der Waals surface area contributed by atoms with Crippen LogP contribution in [-0.2, 0) is 25.5 Å². The van der Waals surface area contributed by atoms with E-state index >= 15 is 0 Å². The molecular formula is C28H30N4O6S2. The van der Waals surface area contributed by atoms with Crippen LogP contribution in [0.25, 0.3) is 10.9 Å². The molecule has 40 heavy (non-hydrogen) atoms. The van der Waals surface area contributed by atoms with E-state index in [1.165, 1.54) is 12.1 Å². The van der Waals surface area contributed by atoms with E-state index in [0.29, 0.717) is 11.3 Å². The lowest BCUT2D eigenvalue weighted by molar-refractivity contribution is 0.102. The zero-order valence-corrected chi connectivity index (χ0v) is 24.3. The van der Waals surface area contributed by atoms with Crippen LogP contribution in [0, 0.1) is 0 Å². The van der Waals surface area contributed by atoms with Crippen molar-refractivity contribution in [3.8, 4) is 0 Å². The minimum Gasteiger partial charge on any atom is -0.361 e. The first-order chi connectivity index (χ1) is 18.5. The van der Waals surface area contributed by atoms with Crippen molar-refractivity contribution < 1.29 is 26.4 Å². The van der Waals surface area contributed by atoms with Gasteiger partial charge in [0.1, 0.15) is 0 Å². The highest BCUT2D eigenvalue weighted by Gasteiger charge is 2.29. The Kier molecular flexibility index (Phi) is 7.52. The SMILES string of the molecule is CC(C)(C)c1ccc(C(=O)Nc2ccc(N(S(C)(=O)=O)S(C)(=O)=O)cc2C(=O)Nc2ccc3cc[nH]c3c2)cc1. The first-order valence-electron chi connectivity index (χ1n) is 12.2. The lowest BCUT2D eigenvalue weighted by Gasteiger charge is -2.21. The molecule has 0 spiro atoms. The molecule has 3 N–H and O–H groups in total. The molecule has 0 fully saturated rings. The Bertz CT molecular complexity index is 1790. The monoisotopic (exact) mass is 582 g/mol. The number of aromatic amines is 1. The van der Waals surface area contributed by atoms with Gasteiger partial charge in [-0.15, -0.1) is 0 Å². The summed E-state index contributed by atoms with van der Waals surface area (Å²) in [5.41, 5.74) is 2.13. The second-order valence-corrected chi connectivity index (χ2v) is 14.4. The predicted octanol–water partition coefficient (Wildman–Crippen LogP) is 4.70. The summed E-state index contributed by atoms with van der Waals surface area (Å²) in [6.07, 6.45) is 3.25. The Hall–Kier alpha value is -4.16. The van der Waals surface area contributed by atoms with Crippen molar-refractivity contribution in [3.05, 3.63) is 89.6 Å². The van der Waals surface area contributed by atoms with Crippen LogP contribution < -0.4 is 14.3 Å². The second kappa shape index (κ2) is 10.4. The minimum atomic E-state index is -4.27. The maximum Gasteiger partial charge on any atom is 0.257 e. The standard InChI is InChI=1S/C28H30N4O6S2/c1-28(2,3)20-9-6-19(7-10-20)26(33)31-24-13-12-22(32(39(4,35)36)40(5,37)38)17-23(24)27(34)30-21-11-8-18-14-15-29-25(18)16-21/h6-17,29H,1-5H3,(H,30,34)(H,31,33). The molecule has 0 aliphatic rings. The molecule has 10 nitrogen and oxygen atoms in total. The van der Waals surface area contributed by atoms with E-state index in [9.17, 15) is 26.4 Å². The van der Waals surface area contributed by atoms with E-state index < -0.39 is 31.9 Å². The number of carbonyl (C=O) groups excluding carboxylic acids is 2. The molecule has 4 rings (SSSR count). The van der Waals surface area contributed by atoms with Gasteiger partial charge in [-0.25, -0.2) is 16.8 Å². The van der Waals surface area contributed by atoms with Gasteiger partial charge in [0.2, 0.25) is 20.0 Å². The van der Waals surface area contributed by atoms with Gasteiger partial charge in [0, 0.05) is 23.0 Å². The molecule has 0 aliphatic carbocycles. The van der Waals surface area contributed by atoms with E-state index in [4.69, 9.17) is 0 Å². The van der Waals surface area contributed by atoms with Crippen LogP contribution in [-0.4, -0.2) is 46.1 Å². The third-order valence-corrected chi connectivity index (χ3v) is 9.39. The van der Waals surface area contributed by atoms with Crippen molar-refractivity contribution in [2.45, 2.75) is 26.2 Å². The molecule has 4 aromatic rings. The summed E-state index contributed by atoms with van der Waals surface area (Å²) in [4.78, 5) is 29.6. The topological polar surface area (TPSA) is 146 Å². The number of aromatic nitrogens is 1. The molecule has 0 radical (unpaired) electrons. The third-order valence-electron chi connectivity index (χ3n) is 6.14. The van der Waals surface area contributed by atoms with Crippen molar-refractivity contribution in [2.75, 3.05) is 26.9 Å². The van der Waals surface area contributed by atoms with Crippen LogP contribution >= 0.6 is 0 Å². The molecule has 2 amide bonds. The molecule has 0 bridgehead atoms. The number of benzene rings is 3. The highest BCUT2D eigenvalue weighted by Crippen LogP contribution is 2.29. The predicted molar refractivity (Wildman–Crippen MR) is 158 cm³/mol. The fourth-order valence-electron chi connectivity index (χ4n) is 4.21. The van der Waals surface area contributed by atoms with E-state index in [2.05, 4.69) is 36.4 Å². The number of fused-ring (bicyclic) bond motifs is 1. The largest absolute Gasteiger partial charge is 0.361 e. The molecule has 210 valence electrons. The second-order valence-electron chi connectivity index (χ2n) is 10.5. The van der Waals surface area contributed by atoms with Crippen LogP contribution in [0.3, 0.4) is 0 Å². The number of anilines is 3. The Morgan fingerprint density at radius 1 is 0.775 bits per heavy atom. The highest BCUT2D eigenvalue weighted by atomic mass is 32.3. The molecule has 1 heterocycles. The van der Waals surface area contributed by atoms with Gasteiger partial charge in [0.15, 0.2) is 0 Å². The number of amides is 2. The molecule has 12 heteroatoms. The average molecular weight is 583 g/mol. The number of nitrogens with one attached hydrogen (secondary N) is 3. The maximum absolute atomic E-state index is 13.5. The minimum absolute atomic E-state index is 0.0639. The molecule has 0 atom stereocenters. The van der Waals surface area contributed by atoms with Crippen molar-refractivity contribution in [3.63, 3.8) is 0 Å². The zero-order chi connectivity index (χ0) is 29.5. The summed E-state index contributed by atoms with van der Waals surface area (Å²) < 4.78 is 49.7. The summed E-state index contributed by atoms with van der Waals surface area (Å²) in [5.74, 6) is -1.19. The van der Waals surface area contributed by atoms with Gasteiger partial charge < -0.3 is 15.6 Å². The number of nitrogens with zero attached hydrogens (tertiary/aromatic N) is 1. The lowest BCUT2D eigenvalue weighted by atomic mass is 9.86. The number of carbonyl (C=O) groups is 2. The van der Waals surface area contributed by atoms with Gasteiger partial charge >= 0.3 is 0 Å². The van der Waals surface area contributed by atoms with Crippen molar-refractivity contribution >= 4 is 59.8 Å². The van der Waals surface area contributed by atoms with Crippen LogP contribution in [0.4, 0.5) is 17.1 Å². The van der Waals surface area contributed by atoms with Crippen molar-refractivity contribution in [1.82, 2.24) is 4.98 Å². The summed E-state index contributed by atoms with van der Waals surface area (Å²) in [6.45, 7) is 6.16. The Labute approximate surface area is 233 Å². The van der Waals surface area contributed by atoms with Gasteiger partial charge in [0.05, 0.1) is 29.4 Å². The quantitative estimate of drug-likeness (QED) is 0.288. The number of H-pyrrole nitrogens is 1. The number of rotatable bonds is 7. The lowest BCUT2D eigenvalue weighted by Crippen LogP contribution is -2.35. The normalized spacial score (nSPS) is 12.2. The molecule has 0 saturated heterocycles. The van der Waals surface area contributed by atoms with Gasteiger partial charge in [0.25, 0.3) is 11.8 Å². The van der Waals surface area contributed by atoms with Crippen LogP contribution in [0.15, 0.2) is 72.9 Å².